The van der Waals surface area contributed by atoms with E-state index in [1.54, 1.807) is 0 Å². The Morgan fingerprint density at radius 3 is 2.86 bits per heavy atom. The summed E-state index contributed by atoms with van der Waals surface area (Å²) in [6.07, 6.45) is 5.37. The van der Waals surface area contributed by atoms with Gasteiger partial charge >= 0.3 is 6.09 Å². The molecule has 6 heteroatoms. The van der Waals surface area contributed by atoms with E-state index >= 15 is 0 Å². The number of piperazine rings is 1. The quantitative estimate of drug-likeness (QED) is 0.869. The molecule has 148 valence electrons. The van der Waals surface area contributed by atoms with Crippen LogP contribution in [0.1, 0.15) is 11.1 Å². The predicted octanol–water partition coefficient (Wildman–Crippen LogP) is 2.42. The molecule has 1 saturated heterocycles. The molecule has 1 fully saturated rings. The second kappa shape index (κ2) is 6.94. The summed E-state index contributed by atoms with van der Waals surface area (Å²) in [6.45, 7) is 4.69. The molecule has 2 aromatic rings. The topological polar surface area (TPSA) is 51.8 Å². The van der Waals surface area contributed by atoms with E-state index in [1.165, 1.54) is 27.6 Å². The standard InChI is InChI=1S/C22H28N4O2/c1-24-6-8-26(9-7-24)22(27)28-14-15-10-18-17-4-3-5-19-21(17)16(12-23-19)11-20(18)25(2)13-15/h3-5,10,12,15,20,23H,6-9,11,13-14H2,1-2H3/t15-,20-/m1/s1. The maximum Gasteiger partial charge on any atom is 0.409 e. The molecular formula is C22H28N4O2. The fourth-order valence-corrected chi connectivity index (χ4v) is 4.91. The van der Waals surface area contributed by atoms with Gasteiger partial charge in [-0.25, -0.2) is 4.79 Å². The second-order valence-corrected chi connectivity index (χ2v) is 8.45. The molecule has 1 aromatic heterocycles. The minimum absolute atomic E-state index is 0.171. The largest absolute Gasteiger partial charge is 0.449 e. The predicted molar refractivity (Wildman–Crippen MR) is 110 cm³/mol. The highest BCUT2D eigenvalue weighted by atomic mass is 16.6. The summed E-state index contributed by atoms with van der Waals surface area (Å²) >= 11 is 0. The number of rotatable bonds is 2. The lowest BCUT2D eigenvalue weighted by Crippen LogP contribution is -2.48. The van der Waals surface area contributed by atoms with E-state index in [0.29, 0.717) is 12.6 Å². The third-order valence-corrected chi connectivity index (χ3v) is 6.52. The van der Waals surface area contributed by atoms with Crippen molar-refractivity contribution in [1.29, 1.82) is 0 Å². The van der Waals surface area contributed by atoms with Gasteiger partial charge in [0.1, 0.15) is 6.61 Å². The summed E-state index contributed by atoms with van der Waals surface area (Å²) in [6, 6.07) is 6.89. The number of hydrogen-bond acceptors (Lipinski definition) is 4. The molecule has 3 aliphatic rings. The van der Waals surface area contributed by atoms with Gasteiger partial charge in [0.05, 0.1) is 0 Å². The fourth-order valence-electron chi connectivity index (χ4n) is 4.91. The van der Waals surface area contributed by atoms with Crippen molar-refractivity contribution >= 4 is 22.6 Å². The normalized spacial score (nSPS) is 25.5. The molecular weight excluding hydrogens is 352 g/mol. The maximum absolute atomic E-state index is 12.4. The fraction of sp³-hybridized carbons (Fsp3) is 0.500. The van der Waals surface area contributed by atoms with Crippen molar-refractivity contribution in [3.05, 3.63) is 41.6 Å². The van der Waals surface area contributed by atoms with Gasteiger partial charge in [-0.05, 0) is 43.3 Å². The number of carbonyl (C=O) groups is 1. The van der Waals surface area contributed by atoms with Crippen molar-refractivity contribution in [1.82, 2.24) is 19.7 Å². The number of nitrogens with one attached hydrogen (secondary N) is 1. The van der Waals surface area contributed by atoms with Crippen molar-refractivity contribution in [2.75, 3.05) is 53.4 Å². The van der Waals surface area contributed by atoms with E-state index in [0.717, 1.165) is 39.1 Å². The van der Waals surface area contributed by atoms with Crippen LogP contribution in [0, 0.1) is 5.92 Å². The number of likely N-dealkylation sites (N-methyl/N-ethyl adjacent to an activating group) is 2. The molecule has 6 nitrogen and oxygen atoms in total. The number of aromatic amines is 1. The minimum Gasteiger partial charge on any atom is -0.449 e. The summed E-state index contributed by atoms with van der Waals surface area (Å²) in [5, 5.41) is 1.36. The molecule has 28 heavy (non-hydrogen) atoms. The average molecular weight is 380 g/mol. The Kier molecular flexibility index (Phi) is 4.40. The lowest BCUT2D eigenvalue weighted by Gasteiger charge is -2.40. The Hall–Kier alpha value is -2.31. The monoisotopic (exact) mass is 380 g/mol. The third-order valence-electron chi connectivity index (χ3n) is 6.52. The Balaban J connectivity index is 1.34. The smallest absolute Gasteiger partial charge is 0.409 e. The van der Waals surface area contributed by atoms with Gasteiger partial charge in [0.25, 0.3) is 0 Å². The molecule has 0 unspecified atom stereocenters. The maximum atomic E-state index is 12.4. The molecule has 5 rings (SSSR count). The van der Waals surface area contributed by atoms with Gasteiger partial charge in [-0.15, -0.1) is 0 Å². The van der Waals surface area contributed by atoms with Gasteiger partial charge < -0.3 is 19.5 Å². The Morgan fingerprint density at radius 2 is 2.04 bits per heavy atom. The van der Waals surface area contributed by atoms with Crippen LogP contribution in [-0.4, -0.2) is 85.2 Å². The molecule has 1 aromatic carbocycles. The molecule has 0 spiro atoms. The van der Waals surface area contributed by atoms with E-state index in [1.807, 2.05) is 4.90 Å². The summed E-state index contributed by atoms with van der Waals surface area (Å²) in [4.78, 5) is 22.3. The highest BCUT2D eigenvalue weighted by Crippen LogP contribution is 2.40. The van der Waals surface area contributed by atoms with E-state index in [4.69, 9.17) is 4.74 Å². The van der Waals surface area contributed by atoms with Gasteiger partial charge in [-0.3, -0.25) is 4.90 Å². The number of nitrogens with zero attached hydrogens (tertiary/aromatic N) is 3. The lowest BCUT2D eigenvalue weighted by atomic mass is 9.80. The zero-order valence-electron chi connectivity index (χ0n) is 16.6. The number of aromatic nitrogens is 1. The first-order valence-corrected chi connectivity index (χ1v) is 10.2. The molecule has 0 bridgehead atoms. The van der Waals surface area contributed by atoms with E-state index in [9.17, 15) is 4.79 Å². The first-order chi connectivity index (χ1) is 13.6. The van der Waals surface area contributed by atoms with Crippen LogP contribution in [0.4, 0.5) is 4.79 Å². The van der Waals surface area contributed by atoms with Crippen molar-refractivity contribution in [3.8, 4) is 0 Å². The first kappa shape index (κ1) is 17.8. The number of fused-ring (bicyclic) bond motifs is 2. The van der Waals surface area contributed by atoms with E-state index < -0.39 is 0 Å². The van der Waals surface area contributed by atoms with Gasteiger partial charge in [-0.2, -0.15) is 0 Å². The van der Waals surface area contributed by atoms with Crippen LogP contribution in [0.3, 0.4) is 0 Å². The number of amides is 1. The average Bonchev–Trinajstić information content (AvgIpc) is 3.12. The number of benzene rings is 1. The van der Waals surface area contributed by atoms with Crippen LogP contribution >= 0.6 is 0 Å². The molecule has 0 radical (unpaired) electrons. The van der Waals surface area contributed by atoms with Crippen molar-refractivity contribution in [2.45, 2.75) is 12.5 Å². The van der Waals surface area contributed by atoms with Gasteiger partial charge in [0, 0.05) is 61.8 Å². The zero-order valence-corrected chi connectivity index (χ0v) is 16.6. The summed E-state index contributed by atoms with van der Waals surface area (Å²) < 4.78 is 5.70. The molecule has 1 N–H and O–H groups in total. The summed E-state index contributed by atoms with van der Waals surface area (Å²) in [5.74, 6) is 0.225. The number of carbonyl (C=O) groups excluding carboxylic acids is 1. The molecule has 3 heterocycles. The number of ether oxygens (including phenoxy) is 1. The number of H-pyrrole nitrogens is 1. The van der Waals surface area contributed by atoms with Gasteiger partial charge in [0.2, 0.25) is 0 Å². The first-order valence-electron chi connectivity index (χ1n) is 10.2. The highest BCUT2D eigenvalue weighted by molar-refractivity contribution is 5.98. The van der Waals surface area contributed by atoms with Crippen molar-refractivity contribution < 1.29 is 9.53 Å². The molecule has 2 atom stereocenters. The zero-order chi connectivity index (χ0) is 19.3. The Bertz CT molecular complexity index is 926. The Morgan fingerprint density at radius 1 is 1.21 bits per heavy atom. The number of hydrogen-bond donors (Lipinski definition) is 1. The van der Waals surface area contributed by atoms with Crippen molar-refractivity contribution in [2.24, 2.45) is 5.92 Å². The van der Waals surface area contributed by atoms with Gasteiger partial charge in [0.15, 0.2) is 0 Å². The van der Waals surface area contributed by atoms with Crippen LogP contribution in [0.5, 0.6) is 0 Å². The van der Waals surface area contributed by atoms with Crippen LogP contribution < -0.4 is 0 Å². The molecule has 2 aliphatic heterocycles. The molecule has 0 saturated carbocycles. The highest BCUT2D eigenvalue weighted by Gasteiger charge is 2.34. The van der Waals surface area contributed by atoms with Gasteiger partial charge in [-0.1, -0.05) is 18.2 Å². The third kappa shape index (κ3) is 3.01. The second-order valence-electron chi connectivity index (χ2n) is 8.45. The molecule has 1 amide bonds. The van der Waals surface area contributed by atoms with Crippen molar-refractivity contribution in [3.63, 3.8) is 0 Å². The van der Waals surface area contributed by atoms with Crippen LogP contribution in [0.25, 0.3) is 16.5 Å². The summed E-state index contributed by atoms with van der Waals surface area (Å²) in [5.41, 5.74) is 5.32. The van der Waals surface area contributed by atoms with E-state index in [-0.39, 0.29) is 12.0 Å². The summed E-state index contributed by atoms with van der Waals surface area (Å²) in [7, 11) is 4.27. The van der Waals surface area contributed by atoms with Crippen LogP contribution in [-0.2, 0) is 11.2 Å². The SMILES string of the molecule is CN1CCN(C(=O)OC[C@@H]2C=C3c4cccc5[nH]cc(c45)C[C@H]3N(C)C2)CC1. The van der Waals surface area contributed by atoms with Crippen LogP contribution in [0.15, 0.2) is 30.5 Å². The lowest BCUT2D eigenvalue weighted by molar-refractivity contribution is 0.0691. The van der Waals surface area contributed by atoms with E-state index in [2.05, 4.69) is 59.4 Å². The minimum atomic E-state index is -0.171. The van der Waals surface area contributed by atoms with Crippen LogP contribution in [0.2, 0.25) is 0 Å². The molecule has 1 aliphatic carbocycles. The Labute approximate surface area is 165 Å².